The van der Waals surface area contributed by atoms with Crippen molar-refractivity contribution >= 4 is 22.5 Å². The third-order valence-corrected chi connectivity index (χ3v) is 4.73. The lowest BCUT2D eigenvalue weighted by Gasteiger charge is -2.16. The monoisotopic (exact) mass is 336 g/mol. The van der Waals surface area contributed by atoms with Gasteiger partial charge < -0.3 is 14.9 Å². The minimum absolute atomic E-state index is 0.443. The maximum absolute atomic E-state index is 13.9. The summed E-state index contributed by atoms with van der Waals surface area (Å²) >= 11 is 1.52. The Morgan fingerprint density at radius 1 is 1.35 bits per heavy atom. The van der Waals surface area contributed by atoms with E-state index in [4.69, 9.17) is 9.84 Å². The van der Waals surface area contributed by atoms with E-state index in [9.17, 15) is 9.50 Å². The molecule has 0 saturated carbocycles. The number of fused-ring (bicyclic) bond motifs is 1. The molecule has 0 aromatic carbocycles. The van der Waals surface area contributed by atoms with E-state index in [1.807, 2.05) is 17.5 Å². The highest BCUT2D eigenvalue weighted by Crippen LogP contribution is 2.34. The number of aliphatic hydroxyl groups excluding tert-OH is 2. The molecule has 4 heterocycles. The fourth-order valence-electron chi connectivity index (χ4n) is 2.72. The molecule has 3 aromatic rings. The van der Waals surface area contributed by atoms with E-state index in [1.54, 1.807) is 0 Å². The summed E-state index contributed by atoms with van der Waals surface area (Å²) in [6.45, 7) is -0.503. The van der Waals surface area contributed by atoms with Crippen LogP contribution in [0.4, 0.5) is 4.39 Å². The van der Waals surface area contributed by atoms with E-state index in [1.165, 1.54) is 28.6 Å². The maximum Gasteiger partial charge on any atom is 0.166 e. The van der Waals surface area contributed by atoms with Gasteiger partial charge in [-0.1, -0.05) is 6.07 Å². The molecule has 4 rings (SSSR count). The Bertz CT molecular complexity index is 825. The molecular formula is C14H13FN4O3S. The Kier molecular flexibility index (Phi) is 3.57. The van der Waals surface area contributed by atoms with Crippen molar-refractivity contribution in [3.63, 3.8) is 0 Å². The minimum atomic E-state index is -1.67. The first kappa shape index (κ1) is 14.6. The summed E-state index contributed by atoms with van der Waals surface area (Å²) in [4.78, 5) is 13.7. The van der Waals surface area contributed by atoms with Gasteiger partial charge in [0.05, 0.1) is 17.8 Å². The number of aliphatic hydroxyl groups is 2. The number of hydrogen-bond acceptors (Lipinski definition) is 7. The van der Waals surface area contributed by atoms with Crippen LogP contribution in [0.5, 0.6) is 0 Å². The highest BCUT2D eigenvalue weighted by molar-refractivity contribution is 7.13. The topological polar surface area (TPSA) is 93.3 Å². The number of thiophene rings is 1. The average molecular weight is 336 g/mol. The number of aromatic nitrogens is 4. The summed E-state index contributed by atoms with van der Waals surface area (Å²) in [5.74, 6) is 0. The zero-order valence-corrected chi connectivity index (χ0v) is 12.6. The molecule has 1 saturated heterocycles. The first-order valence-corrected chi connectivity index (χ1v) is 7.88. The molecule has 0 amide bonds. The standard InChI is InChI=1S/C14H13FN4O3S/c15-9-7(4-20)22-14(12(9)21)19-6-18-11-10(8-2-1-3-23-8)16-5-17-13(11)19/h1-3,5-7,9,12,14,20-21H,4H2/t7-,9-,12-,14-/m1/s1. The zero-order valence-electron chi connectivity index (χ0n) is 11.8. The first-order valence-electron chi connectivity index (χ1n) is 7.00. The number of imidazole rings is 1. The third kappa shape index (κ3) is 2.24. The molecular weight excluding hydrogens is 323 g/mol. The van der Waals surface area contributed by atoms with E-state index < -0.39 is 31.2 Å². The fraction of sp³-hybridized carbons (Fsp3) is 0.357. The quantitative estimate of drug-likeness (QED) is 0.745. The van der Waals surface area contributed by atoms with Crippen LogP contribution in [0.25, 0.3) is 21.7 Å². The summed E-state index contributed by atoms with van der Waals surface area (Å²) in [5.41, 5.74) is 1.67. The van der Waals surface area contributed by atoms with Crippen molar-refractivity contribution in [3.05, 3.63) is 30.2 Å². The molecule has 120 valence electrons. The zero-order chi connectivity index (χ0) is 16.0. The van der Waals surface area contributed by atoms with Gasteiger partial charge in [-0.05, 0) is 11.4 Å². The molecule has 1 fully saturated rings. The third-order valence-electron chi connectivity index (χ3n) is 3.86. The molecule has 1 aliphatic rings. The van der Waals surface area contributed by atoms with Gasteiger partial charge in [-0.3, -0.25) is 4.57 Å². The largest absolute Gasteiger partial charge is 0.394 e. The molecule has 0 unspecified atom stereocenters. The van der Waals surface area contributed by atoms with Crippen molar-refractivity contribution in [3.8, 4) is 10.6 Å². The van der Waals surface area contributed by atoms with Crippen molar-refractivity contribution in [1.29, 1.82) is 0 Å². The van der Waals surface area contributed by atoms with Crippen LogP contribution >= 0.6 is 11.3 Å². The molecule has 0 aliphatic carbocycles. The fourth-order valence-corrected chi connectivity index (χ4v) is 3.44. The lowest BCUT2D eigenvalue weighted by Crippen LogP contribution is -2.29. The van der Waals surface area contributed by atoms with E-state index in [-0.39, 0.29) is 0 Å². The molecule has 1 aliphatic heterocycles. The smallest absolute Gasteiger partial charge is 0.166 e. The second-order valence-corrected chi connectivity index (χ2v) is 6.15. The molecule has 7 nitrogen and oxygen atoms in total. The summed E-state index contributed by atoms with van der Waals surface area (Å²) in [6, 6.07) is 3.83. The van der Waals surface area contributed by atoms with Crippen LogP contribution in [0.1, 0.15) is 6.23 Å². The van der Waals surface area contributed by atoms with Gasteiger partial charge >= 0.3 is 0 Å². The van der Waals surface area contributed by atoms with Crippen LogP contribution in [-0.4, -0.2) is 54.7 Å². The van der Waals surface area contributed by atoms with E-state index >= 15 is 0 Å². The average Bonchev–Trinajstić information content (AvgIpc) is 3.28. The number of alkyl halides is 1. The van der Waals surface area contributed by atoms with E-state index in [0.717, 1.165) is 4.88 Å². The first-order chi connectivity index (χ1) is 11.2. The van der Waals surface area contributed by atoms with Gasteiger partial charge in [0.2, 0.25) is 0 Å². The molecule has 9 heteroatoms. The van der Waals surface area contributed by atoms with Gasteiger partial charge in [-0.2, -0.15) is 0 Å². The van der Waals surface area contributed by atoms with Crippen LogP contribution in [0.15, 0.2) is 30.2 Å². The molecule has 0 radical (unpaired) electrons. The van der Waals surface area contributed by atoms with Gasteiger partial charge in [0, 0.05) is 0 Å². The van der Waals surface area contributed by atoms with Crippen molar-refractivity contribution in [2.75, 3.05) is 6.61 Å². The molecule has 0 spiro atoms. The Hall–Kier alpha value is -1.94. The van der Waals surface area contributed by atoms with Crippen LogP contribution in [0, 0.1) is 0 Å². The summed E-state index contributed by atoms with van der Waals surface area (Å²) < 4.78 is 20.8. The van der Waals surface area contributed by atoms with Crippen LogP contribution in [-0.2, 0) is 4.74 Å². The van der Waals surface area contributed by atoms with Crippen molar-refractivity contribution < 1.29 is 19.3 Å². The van der Waals surface area contributed by atoms with Gasteiger partial charge in [-0.15, -0.1) is 11.3 Å². The Labute approximate surface area is 134 Å². The molecule has 23 heavy (non-hydrogen) atoms. The second kappa shape index (κ2) is 5.60. The lowest BCUT2D eigenvalue weighted by atomic mass is 10.1. The minimum Gasteiger partial charge on any atom is -0.394 e. The molecule has 3 aromatic heterocycles. The highest BCUT2D eigenvalue weighted by Gasteiger charge is 2.45. The van der Waals surface area contributed by atoms with E-state index in [2.05, 4.69) is 15.0 Å². The Balaban J connectivity index is 1.80. The summed E-state index contributed by atoms with van der Waals surface area (Å²) in [6.07, 6.45) is -2.28. The van der Waals surface area contributed by atoms with Crippen molar-refractivity contribution in [1.82, 2.24) is 19.5 Å². The second-order valence-electron chi connectivity index (χ2n) is 5.21. The molecule has 0 bridgehead atoms. The maximum atomic E-state index is 13.9. The summed E-state index contributed by atoms with van der Waals surface area (Å²) in [7, 11) is 0. The predicted octanol–water partition coefficient (Wildman–Crippen LogP) is 1.14. The Morgan fingerprint density at radius 3 is 2.91 bits per heavy atom. The number of nitrogens with zero attached hydrogens (tertiary/aromatic N) is 4. The van der Waals surface area contributed by atoms with Gasteiger partial charge in [0.25, 0.3) is 0 Å². The predicted molar refractivity (Wildman–Crippen MR) is 80.5 cm³/mol. The lowest BCUT2D eigenvalue weighted by molar-refractivity contribution is -0.0495. The Morgan fingerprint density at radius 2 is 2.22 bits per heavy atom. The number of halogens is 1. The van der Waals surface area contributed by atoms with Crippen LogP contribution < -0.4 is 0 Å². The summed E-state index contributed by atoms with van der Waals surface area (Å²) in [5, 5.41) is 21.1. The molecule has 4 atom stereocenters. The van der Waals surface area contributed by atoms with Crippen molar-refractivity contribution in [2.24, 2.45) is 0 Å². The molecule has 2 N–H and O–H groups in total. The number of ether oxygens (including phenoxy) is 1. The van der Waals surface area contributed by atoms with Crippen LogP contribution in [0.2, 0.25) is 0 Å². The SMILES string of the molecule is OC[C@H]1O[C@@H](n2cnc3c(-c4cccs4)ncnc32)[C@H](O)[C@@H]1F. The van der Waals surface area contributed by atoms with Crippen LogP contribution in [0.3, 0.4) is 0 Å². The number of rotatable bonds is 3. The van der Waals surface area contributed by atoms with Gasteiger partial charge in [-0.25, -0.2) is 19.3 Å². The highest BCUT2D eigenvalue weighted by atomic mass is 32.1. The normalized spacial score (nSPS) is 27.8. The van der Waals surface area contributed by atoms with Gasteiger partial charge in [0.15, 0.2) is 18.0 Å². The van der Waals surface area contributed by atoms with Gasteiger partial charge in [0.1, 0.15) is 29.7 Å². The number of hydrogen-bond donors (Lipinski definition) is 2. The van der Waals surface area contributed by atoms with E-state index in [0.29, 0.717) is 16.9 Å². The van der Waals surface area contributed by atoms with Crippen molar-refractivity contribution in [2.45, 2.75) is 24.6 Å².